The molecule has 12 fully saturated rings. The van der Waals surface area contributed by atoms with Gasteiger partial charge in [0.25, 0.3) is 0 Å². The molecular formula is C110H156O29. The standard InChI is InChI=1S/C21H36O4.C17H18O4.C14H22O3.2C12H16O4.C12H18O3.C11H14O4.C11H16O3/c1-6-16(7-2)13-23-20(24-14-17(8-3)9-4)21-11-10-19(25-21)18(12-21)15(5)22;1-11(18)13-9-17(8-7-14(13)21-17)16-19-10-15(20-16)12-5-3-2-4-6-12;1-4-5-8-16-11(3)14-7-6-13(17-14)12(9-14)10(2)15;1-7-6-14-11(15-7)12-4-3-10(16-12)9(5-12)8(2)13;1-8(13)9-7-12(4-3-10(9)16-12)11-14-5-2-6-15-11;1-4-14-9(3)12-6-5-11(15-12)10(7-12)8(2)13;1-7(12)8-6-11(3-2-9(8)15-11)10-13-4-5-14-10;1-7(12)9-6-11(8(2)13-3)5-4-10(9)14-11/h10-11,16-20H,6-9,12-14H2,1-5H3;2-8,13-16H,9-10H2,1H3;6-7,11-13H,4-5,8-9H2,1-3H3;3-4,7,9-11H,5-6H2,1-2H3;3-4,9-11H,2,5-7H2,1H3;5-6,9-11H,4,7H2,1-3H3;2-3,8-10H,4-6H2,1H3;4-5,8-10H,6H2,1-3H3. The molecule has 139 heavy (non-hydrogen) atoms. The van der Waals surface area contributed by atoms with Crippen molar-refractivity contribution in [2.24, 2.45) is 59.2 Å². The molecule has 31 unspecified atom stereocenters. The average molecular weight is 1940 g/mol. The summed E-state index contributed by atoms with van der Waals surface area (Å²) in [6, 6.07) is 10.0. The largest absolute Gasteiger partial charge is 0.378 e. The van der Waals surface area contributed by atoms with E-state index in [0.29, 0.717) is 103 Å². The van der Waals surface area contributed by atoms with Crippen LogP contribution in [0, 0.1) is 59.2 Å². The van der Waals surface area contributed by atoms with Crippen LogP contribution in [0.5, 0.6) is 0 Å². The average Bonchev–Trinajstić information content (AvgIpc) is 1.58. The molecule has 1 aromatic rings. The lowest BCUT2D eigenvalue weighted by atomic mass is 9.82. The van der Waals surface area contributed by atoms with Gasteiger partial charge in [0.2, 0.25) is 0 Å². The van der Waals surface area contributed by atoms with Gasteiger partial charge in [0.1, 0.15) is 97.2 Å². The summed E-state index contributed by atoms with van der Waals surface area (Å²) < 4.78 is 122. The fourth-order valence-electron chi connectivity index (χ4n) is 23.0. The third kappa shape index (κ3) is 23.5. The molecule has 0 spiro atoms. The zero-order chi connectivity index (χ0) is 99.7. The minimum Gasteiger partial charge on any atom is -0.378 e. The highest BCUT2D eigenvalue weighted by Crippen LogP contribution is 2.55. The second kappa shape index (κ2) is 46.6. The van der Waals surface area contributed by atoms with E-state index < -0.39 is 40.6 Å². The van der Waals surface area contributed by atoms with Gasteiger partial charge in [-0.1, -0.05) is 164 Å². The maximum atomic E-state index is 11.9. The van der Waals surface area contributed by atoms with Crippen LogP contribution in [-0.2, 0) is 138 Å². The van der Waals surface area contributed by atoms with E-state index in [1.807, 2.05) is 144 Å². The van der Waals surface area contributed by atoms with Gasteiger partial charge in [0, 0.05) is 20.3 Å². The number of ether oxygens (including phenoxy) is 21. The lowest BCUT2D eigenvalue weighted by molar-refractivity contribution is -0.248. The first kappa shape index (κ1) is 108. The molecule has 20 heterocycles. The van der Waals surface area contributed by atoms with Gasteiger partial charge in [0.15, 0.2) is 31.5 Å². The molecule has 0 saturated carbocycles. The molecular weight excluding hydrogens is 1790 g/mol. The number of unbranched alkanes of at least 4 members (excludes halogenated alkanes) is 1. The predicted octanol–water partition coefficient (Wildman–Crippen LogP) is 15.2. The topological polar surface area (TPSA) is 330 Å². The van der Waals surface area contributed by atoms with Crippen LogP contribution in [0.15, 0.2) is 128 Å². The van der Waals surface area contributed by atoms with Gasteiger partial charge in [-0.2, -0.15) is 0 Å². The van der Waals surface area contributed by atoms with Crippen LogP contribution in [0.25, 0.3) is 0 Å². The van der Waals surface area contributed by atoms with Crippen LogP contribution in [0.3, 0.4) is 0 Å². The molecule has 16 bridgehead atoms. The molecule has 0 amide bonds. The Balaban J connectivity index is 0.000000127. The van der Waals surface area contributed by atoms with E-state index in [9.17, 15) is 38.4 Å². The van der Waals surface area contributed by atoms with Crippen molar-refractivity contribution in [2.75, 3.05) is 73.2 Å². The third-order valence-electron chi connectivity index (χ3n) is 32.2. The second-order valence-electron chi connectivity index (χ2n) is 41.6. The second-order valence-corrected chi connectivity index (χ2v) is 41.6. The van der Waals surface area contributed by atoms with E-state index in [1.165, 1.54) is 0 Å². The summed E-state index contributed by atoms with van der Waals surface area (Å²) >= 11 is 0. The molecule has 770 valence electrons. The molecule has 21 rings (SSSR count). The zero-order valence-corrected chi connectivity index (χ0v) is 85.3. The summed E-state index contributed by atoms with van der Waals surface area (Å²) in [5.74, 6) is 2.48. The van der Waals surface area contributed by atoms with Crippen LogP contribution >= 0.6 is 0 Å². The number of ketones is 8. The third-order valence-corrected chi connectivity index (χ3v) is 32.2. The van der Waals surface area contributed by atoms with Crippen molar-refractivity contribution >= 4 is 46.3 Å². The quantitative estimate of drug-likeness (QED) is 0.0351. The Morgan fingerprint density at radius 3 is 1.01 bits per heavy atom. The van der Waals surface area contributed by atoms with Gasteiger partial charge in [-0.05, 0) is 202 Å². The lowest BCUT2D eigenvalue weighted by Crippen LogP contribution is -2.45. The van der Waals surface area contributed by atoms with E-state index in [-0.39, 0.29) is 209 Å². The number of hydrogen-bond donors (Lipinski definition) is 0. The van der Waals surface area contributed by atoms with Crippen molar-refractivity contribution in [1.82, 2.24) is 0 Å². The number of Topliss-reactive ketones (excluding diaryl/α,β-unsaturated/α-hetero) is 8. The predicted molar refractivity (Wildman–Crippen MR) is 512 cm³/mol. The molecule has 31 atom stereocenters. The van der Waals surface area contributed by atoms with Crippen LogP contribution in [0.2, 0.25) is 0 Å². The number of benzene rings is 1. The number of methoxy groups -OCH3 is 1. The maximum absolute atomic E-state index is 11.9. The van der Waals surface area contributed by atoms with Crippen molar-refractivity contribution in [2.45, 2.75) is 377 Å². The van der Waals surface area contributed by atoms with Crippen LogP contribution in [0.4, 0.5) is 0 Å². The highest BCUT2D eigenvalue weighted by atomic mass is 16.8. The smallest absolute Gasteiger partial charge is 0.191 e. The number of carbonyl (C=O) groups is 8. The molecule has 12 saturated heterocycles. The summed E-state index contributed by atoms with van der Waals surface area (Å²) in [7, 11) is 1.67. The Morgan fingerprint density at radius 2 is 0.669 bits per heavy atom. The Hall–Kier alpha value is -6.34. The maximum Gasteiger partial charge on any atom is 0.191 e. The number of hydrogen-bond acceptors (Lipinski definition) is 29. The highest BCUT2D eigenvalue weighted by molar-refractivity contribution is 5.84. The lowest BCUT2D eigenvalue weighted by Gasteiger charge is -2.35. The molecule has 29 nitrogen and oxygen atoms in total. The highest BCUT2D eigenvalue weighted by Gasteiger charge is 2.63. The van der Waals surface area contributed by atoms with Crippen molar-refractivity contribution < 1.29 is 138 Å². The van der Waals surface area contributed by atoms with E-state index in [4.69, 9.17) is 99.5 Å². The number of rotatable bonds is 34. The van der Waals surface area contributed by atoms with Gasteiger partial charge in [-0.3, -0.25) is 38.4 Å². The molecule has 29 heteroatoms. The minimum absolute atomic E-state index is 0.00750. The van der Waals surface area contributed by atoms with Crippen molar-refractivity contribution in [3.05, 3.63) is 133 Å². The van der Waals surface area contributed by atoms with Crippen molar-refractivity contribution in [1.29, 1.82) is 0 Å². The Labute approximate surface area is 821 Å². The monoisotopic (exact) mass is 1940 g/mol. The molecule has 0 aromatic heterocycles. The molecule has 1 aromatic carbocycles. The van der Waals surface area contributed by atoms with Crippen LogP contribution in [-0.4, -0.2) is 269 Å². The first-order chi connectivity index (χ1) is 66.5. The number of fused-ring (bicyclic) bond motifs is 16. The Kier molecular flexibility index (Phi) is 36.3. The van der Waals surface area contributed by atoms with Gasteiger partial charge in [-0.25, -0.2) is 0 Å². The minimum atomic E-state index is -0.598. The summed E-state index contributed by atoms with van der Waals surface area (Å²) in [5.41, 5.74) is -2.67. The summed E-state index contributed by atoms with van der Waals surface area (Å²) in [5, 5.41) is 0. The van der Waals surface area contributed by atoms with Gasteiger partial charge >= 0.3 is 0 Å². The Bertz CT molecular complexity index is 4560. The fraction of sp³-hybridized carbons (Fsp3) is 0.727. The molecule has 20 aliphatic heterocycles. The van der Waals surface area contributed by atoms with E-state index >= 15 is 0 Å². The number of carbonyl (C=O) groups excluding carboxylic acids is 8. The summed E-state index contributed by atoms with van der Waals surface area (Å²) in [6.45, 7) is 40.5. The Morgan fingerprint density at radius 1 is 0.353 bits per heavy atom. The normalized spacial score (nSPS) is 39.6. The van der Waals surface area contributed by atoms with Crippen molar-refractivity contribution in [3.63, 3.8) is 0 Å². The van der Waals surface area contributed by atoms with E-state index in [1.54, 1.807) is 62.5 Å². The van der Waals surface area contributed by atoms with Crippen LogP contribution in [0.1, 0.15) is 233 Å². The zero-order valence-electron chi connectivity index (χ0n) is 85.3. The van der Waals surface area contributed by atoms with Gasteiger partial charge in [0.05, 0.1) is 173 Å². The van der Waals surface area contributed by atoms with Crippen molar-refractivity contribution in [3.8, 4) is 0 Å². The molecule has 0 aliphatic carbocycles. The first-order valence-corrected chi connectivity index (χ1v) is 51.5. The van der Waals surface area contributed by atoms with Gasteiger partial charge < -0.3 is 99.5 Å². The first-order valence-electron chi connectivity index (χ1n) is 51.5. The summed E-state index contributed by atoms with van der Waals surface area (Å²) in [6.07, 6.45) is 43.0. The van der Waals surface area contributed by atoms with E-state index in [2.05, 4.69) is 52.8 Å². The van der Waals surface area contributed by atoms with E-state index in [0.717, 1.165) is 76.4 Å². The molecule has 0 radical (unpaired) electrons. The molecule has 20 aliphatic rings. The van der Waals surface area contributed by atoms with Crippen LogP contribution < -0.4 is 0 Å². The molecule has 0 N–H and O–H groups in total. The SMILES string of the molecule is CC(=O)C1CC2(C3OCC(C)O3)C=CC1O2.CC(=O)C1CC2(C3OCC(c4ccccc4)O3)C=CC1O2.CC(=O)C1CC2(C3OCCCO3)C=CC1O2.CC(=O)C1CC2(C3OCCO3)C=CC1O2.CCC(CC)COC(OCC(CC)CC)C12C=CC(O1)C(C(C)=O)C2.CCCCOC(C)C12C=CC(O1)C(C(C)=O)C2.CCOC(C)C12C=CC(O1)C(C(C)=O)C2.COC(C)C12C=CC(O1)C(C(C)=O)C2. The summed E-state index contributed by atoms with van der Waals surface area (Å²) in [4.78, 5) is 92.2. The fourth-order valence-corrected chi connectivity index (χ4v) is 23.0. The van der Waals surface area contributed by atoms with Gasteiger partial charge in [-0.15, -0.1) is 0 Å².